The van der Waals surface area contributed by atoms with Crippen LogP contribution in [-0.4, -0.2) is 45.7 Å². The molecule has 0 bridgehead atoms. The predicted molar refractivity (Wildman–Crippen MR) is 77.2 cm³/mol. The second-order valence-corrected chi connectivity index (χ2v) is 5.40. The van der Waals surface area contributed by atoms with Crippen LogP contribution < -0.4 is 5.32 Å². The van der Waals surface area contributed by atoms with E-state index >= 15 is 0 Å². The summed E-state index contributed by atoms with van der Waals surface area (Å²) >= 11 is 0. The van der Waals surface area contributed by atoms with Crippen molar-refractivity contribution in [1.82, 2.24) is 10.2 Å². The third kappa shape index (κ3) is 3.87. The lowest BCUT2D eigenvalue weighted by Gasteiger charge is -2.24. The molecule has 3 N–H and O–H groups in total. The summed E-state index contributed by atoms with van der Waals surface area (Å²) in [5.74, 6) is -0.941. The fourth-order valence-electron chi connectivity index (χ4n) is 2.53. The number of amides is 2. The molecule has 1 aliphatic rings. The number of carboxylic acids is 1. The number of nitrogens with one attached hydrogen (secondary N) is 1. The van der Waals surface area contributed by atoms with E-state index in [1.54, 1.807) is 17.0 Å². The van der Waals surface area contributed by atoms with Gasteiger partial charge < -0.3 is 20.4 Å². The summed E-state index contributed by atoms with van der Waals surface area (Å²) in [6.45, 7) is 2.63. The predicted octanol–water partition coefficient (Wildman–Crippen LogP) is 1.58. The second-order valence-electron chi connectivity index (χ2n) is 5.40. The van der Waals surface area contributed by atoms with Gasteiger partial charge in [0.1, 0.15) is 11.8 Å². The van der Waals surface area contributed by atoms with Crippen LogP contribution in [0.4, 0.5) is 4.79 Å². The Balaban J connectivity index is 2.00. The first-order valence-corrected chi connectivity index (χ1v) is 7.05. The van der Waals surface area contributed by atoms with Gasteiger partial charge in [-0.15, -0.1) is 0 Å². The summed E-state index contributed by atoms with van der Waals surface area (Å²) in [7, 11) is 0. The number of hydrogen-bond acceptors (Lipinski definition) is 3. The zero-order valence-electron chi connectivity index (χ0n) is 12.0. The number of aromatic hydroxyl groups is 1. The highest BCUT2D eigenvalue weighted by Crippen LogP contribution is 2.17. The zero-order chi connectivity index (χ0) is 15.4. The SMILES string of the molecule is CC1CCCN1C(=O)NC(Cc1ccc(O)cc1)C(=O)O. The van der Waals surface area contributed by atoms with Gasteiger partial charge in [-0.25, -0.2) is 9.59 Å². The van der Waals surface area contributed by atoms with E-state index in [0.29, 0.717) is 6.54 Å². The molecule has 114 valence electrons. The number of carbonyl (C=O) groups excluding carboxylic acids is 1. The maximum Gasteiger partial charge on any atom is 0.326 e. The molecule has 2 atom stereocenters. The van der Waals surface area contributed by atoms with Crippen LogP contribution in [0, 0.1) is 0 Å². The topological polar surface area (TPSA) is 89.9 Å². The Morgan fingerprint density at radius 1 is 1.38 bits per heavy atom. The van der Waals surface area contributed by atoms with E-state index in [9.17, 15) is 19.8 Å². The molecule has 2 amide bonds. The van der Waals surface area contributed by atoms with Crippen LogP contribution in [0.25, 0.3) is 0 Å². The minimum atomic E-state index is -1.07. The fraction of sp³-hybridized carbons (Fsp3) is 0.467. The molecule has 0 saturated carbocycles. The largest absolute Gasteiger partial charge is 0.508 e. The van der Waals surface area contributed by atoms with Crippen molar-refractivity contribution in [2.45, 2.75) is 38.3 Å². The lowest BCUT2D eigenvalue weighted by Crippen LogP contribution is -2.49. The molecule has 2 rings (SSSR count). The summed E-state index contributed by atoms with van der Waals surface area (Å²) in [6, 6.07) is 5.14. The van der Waals surface area contributed by atoms with Crippen molar-refractivity contribution in [2.24, 2.45) is 0 Å². The van der Waals surface area contributed by atoms with Crippen molar-refractivity contribution in [1.29, 1.82) is 0 Å². The fourth-order valence-corrected chi connectivity index (χ4v) is 2.53. The number of hydrogen-bond donors (Lipinski definition) is 3. The van der Waals surface area contributed by atoms with Crippen molar-refractivity contribution < 1.29 is 19.8 Å². The van der Waals surface area contributed by atoms with Crippen molar-refractivity contribution in [2.75, 3.05) is 6.54 Å². The minimum absolute atomic E-state index is 0.126. The number of aliphatic carboxylic acids is 1. The van der Waals surface area contributed by atoms with Gasteiger partial charge in [0.25, 0.3) is 0 Å². The Kier molecular flexibility index (Phi) is 4.67. The van der Waals surface area contributed by atoms with Crippen molar-refractivity contribution in [3.63, 3.8) is 0 Å². The minimum Gasteiger partial charge on any atom is -0.508 e. The Bertz CT molecular complexity index is 515. The molecule has 2 unspecified atom stereocenters. The molecule has 0 aliphatic carbocycles. The number of benzene rings is 1. The molecule has 21 heavy (non-hydrogen) atoms. The first-order valence-electron chi connectivity index (χ1n) is 7.05. The van der Waals surface area contributed by atoms with E-state index in [1.807, 2.05) is 6.92 Å². The maximum atomic E-state index is 12.1. The summed E-state index contributed by atoms with van der Waals surface area (Å²) in [5.41, 5.74) is 0.745. The van der Waals surface area contributed by atoms with Gasteiger partial charge >= 0.3 is 12.0 Å². The van der Waals surface area contributed by atoms with Crippen molar-refractivity contribution in [3.8, 4) is 5.75 Å². The lowest BCUT2D eigenvalue weighted by atomic mass is 10.1. The maximum absolute atomic E-state index is 12.1. The quantitative estimate of drug-likeness (QED) is 0.786. The van der Waals surface area contributed by atoms with E-state index in [-0.39, 0.29) is 24.2 Å². The van der Waals surface area contributed by atoms with E-state index in [2.05, 4.69) is 5.32 Å². The third-order valence-corrected chi connectivity index (χ3v) is 3.79. The van der Waals surface area contributed by atoms with Crippen LogP contribution in [0.1, 0.15) is 25.3 Å². The highest BCUT2D eigenvalue weighted by Gasteiger charge is 2.28. The lowest BCUT2D eigenvalue weighted by molar-refractivity contribution is -0.139. The first-order chi connectivity index (χ1) is 9.97. The molecule has 0 radical (unpaired) electrons. The van der Waals surface area contributed by atoms with Gasteiger partial charge in [-0.05, 0) is 37.5 Å². The molecule has 6 heteroatoms. The van der Waals surface area contributed by atoms with Gasteiger partial charge in [0.2, 0.25) is 0 Å². The molecule has 0 aromatic heterocycles. The van der Waals surface area contributed by atoms with E-state index < -0.39 is 12.0 Å². The Morgan fingerprint density at radius 3 is 2.57 bits per heavy atom. The molecule has 0 spiro atoms. The van der Waals surface area contributed by atoms with Crippen molar-refractivity contribution in [3.05, 3.63) is 29.8 Å². The van der Waals surface area contributed by atoms with E-state index in [0.717, 1.165) is 18.4 Å². The molecule has 1 fully saturated rings. The monoisotopic (exact) mass is 292 g/mol. The van der Waals surface area contributed by atoms with Crippen LogP contribution >= 0.6 is 0 Å². The van der Waals surface area contributed by atoms with Gasteiger partial charge in [0, 0.05) is 19.0 Å². The highest BCUT2D eigenvalue weighted by molar-refractivity contribution is 5.83. The van der Waals surface area contributed by atoms with Crippen LogP contribution in [-0.2, 0) is 11.2 Å². The van der Waals surface area contributed by atoms with E-state index in [4.69, 9.17) is 0 Å². The number of likely N-dealkylation sites (tertiary alicyclic amines) is 1. The number of phenolic OH excluding ortho intramolecular Hbond substituents is 1. The average molecular weight is 292 g/mol. The standard InChI is InChI=1S/C15H20N2O4/c1-10-3-2-8-17(10)15(21)16-13(14(19)20)9-11-4-6-12(18)7-5-11/h4-7,10,13,18H,2-3,8-9H2,1H3,(H,16,21)(H,19,20). The van der Waals surface area contributed by atoms with Crippen molar-refractivity contribution >= 4 is 12.0 Å². The number of rotatable bonds is 4. The molecule has 1 heterocycles. The summed E-state index contributed by atoms with van der Waals surface area (Å²) in [5, 5.41) is 21.1. The molecule has 6 nitrogen and oxygen atoms in total. The molecular weight excluding hydrogens is 272 g/mol. The van der Waals surface area contributed by atoms with Gasteiger partial charge in [0.05, 0.1) is 0 Å². The Hall–Kier alpha value is -2.24. The Labute approximate surface area is 123 Å². The van der Waals surface area contributed by atoms with Gasteiger partial charge in [-0.1, -0.05) is 12.1 Å². The summed E-state index contributed by atoms with van der Waals surface area (Å²) in [6.07, 6.45) is 2.08. The average Bonchev–Trinajstić information content (AvgIpc) is 2.86. The molecule has 1 saturated heterocycles. The second kappa shape index (κ2) is 6.47. The molecular formula is C15H20N2O4. The first kappa shape index (κ1) is 15.2. The smallest absolute Gasteiger partial charge is 0.326 e. The van der Waals surface area contributed by atoms with Crippen LogP contribution in [0.2, 0.25) is 0 Å². The van der Waals surface area contributed by atoms with Gasteiger partial charge in [-0.2, -0.15) is 0 Å². The number of carbonyl (C=O) groups is 2. The number of nitrogens with zero attached hydrogens (tertiary/aromatic N) is 1. The molecule has 1 aromatic rings. The highest BCUT2D eigenvalue weighted by atomic mass is 16.4. The van der Waals surface area contributed by atoms with Crippen LogP contribution in [0.15, 0.2) is 24.3 Å². The number of phenols is 1. The number of carboxylic acid groups (broad SMARTS) is 1. The normalized spacial score (nSPS) is 19.3. The molecule has 1 aliphatic heterocycles. The third-order valence-electron chi connectivity index (χ3n) is 3.79. The Morgan fingerprint density at radius 2 is 2.05 bits per heavy atom. The van der Waals surface area contributed by atoms with Gasteiger partial charge in [0.15, 0.2) is 0 Å². The van der Waals surface area contributed by atoms with Crippen LogP contribution in [0.3, 0.4) is 0 Å². The number of urea groups is 1. The summed E-state index contributed by atoms with van der Waals surface area (Å²) < 4.78 is 0. The molecule has 1 aromatic carbocycles. The van der Waals surface area contributed by atoms with E-state index in [1.165, 1.54) is 12.1 Å². The zero-order valence-corrected chi connectivity index (χ0v) is 12.0. The van der Waals surface area contributed by atoms with Gasteiger partial charge in [-0.3, -0.25) is 0 Å². The van der Waals surface area contributed by atoms with Crippen LogP contribution in [0.5, 0.6) is 5.75 Å². The summed E-state index contributed by atoms with van der Waals surface area (Å²) in [4.78, 5) is 25.1.